The van der Waals surface area contributed by atoms with E-state index in [0.717, 1.165) is 18.4 Å². The number of ether oxygens (including phenoxy) is 5. The predicted molar refractivity (Wildman–Crippen MR) is 145 cm³/mol. The summed E-state index contributed by atoms with van der Waals surface area (Å²) in [6.07, 6.45) is -1.61. The van der Waals surface area contributed by atoms with Gasteiger partial charge in [0.25, 0.3) is 0 Å². The quantitative estimate of drug-likeness (QED) is 0.0509. The molecule has 0 saturated carbocycles. The largest absolute Gasteiger partial charge is 0.478 e. The Morgan fingerprint density at radius 2 is 1.95 bits per heavy atom. The minimum atomic E-state index is -2.99. The van der Waals surface area contributed by atoms with Crippen molar-refractivity contribution in [2.45, 2.75) is 42.3 Å². The van der Waals surface area contributed by atoms with E-state index in [4.69, 9.17) is 24.1 Å². The van der Waals surface area contributed by atoms with Gasteiger partial charge in [0, 0.05) is 19.3 Å². The maximum absolute atomic E-state index is 12.8. The summed E-state index contributed by atoms with van der Waals surface area (Å²) in [5.41, 5.74) is -2.62. The van der Waals surface area contributed by atoms with Gasteiger partial charge in [-0.1, -0.05) is 12.2 Å². The first-order valence-corrected chi connectivity index (χ1v) is 13.4. The molecule has 0 bridgehead atoms. The number of aliphatic hydroxyl groups is 7. The van der Waals surface area contributed by atoms with Gasteiger partial charge >= 0.3 is 11.9 Å². The van der Waals surface area contributed by atoms with Gasteiger partial charge in [-0.05, 0) is 24.8 Å². The number of β-amino-alcohol motifs (C(OH)–C–C–N with tert-alkyl or cyclic N) is 1. The van der Waals surface area contributed by atoms with Gasteiger partial charge in [-0.25, -0.2) is 9.59 Å². The monoisotopic (exact) mass is 630 g/mol. The van der Waals surface area contributed by atoms with Gasteiger partial charge in [0.1, 0.15) is 29.6 Å². The Hall–Kier alpha value is -3.20. The van der Waals surface area contributed by atoms with E-state index in [9.17, 15) is 45.3 Å². The van der Waals surface area contributed by atoms with E-state index in [1.54, 1.807) is 0 Å². The van der Waals surface area contributed by atoms with Gasteiger partial charge in [-0.2, -0.15) is 0 Å². The van der Waals surface area contributed by atoms with Crippen LogP contribution in [-0.2, 0) is 33.3 Å². The molecule has 17 heteroatoms. The Kier molecular flexibility index (Phi) is 12.2. The van der Waals surface area contributed by atoms with Crippen molar-refractivity contribution >= 4 is 11.9 Å². The average Bonchev–Trinajstić information content (AvgIpc) is 2.98. The van der Waals surface area contributed by atoms with Crippen LogP contribution in [0.25, 0.3) is 0 Å². The number of carbonyl (C=O) groups is 2. The van der Waals surface area contributed by atoms with Crippen molar-refractivity contribution in [2.24, 2.45) is 5.92 Å². The van der Waals surface area contributed by atoms with Crippen LogP contribution >= 0.6 is 0 Å². The highest BCUT2D eigenvalue weighted by molar-refractivity contribution is 5.92. The van der Waals surface area contributed by atoms with Gasteiger partial charge in [0.2, 0.25) is 12.1 Å². The topological polar surface area (TPSA) is 257 Å². The summed E-state index contributed by atoms with van der Waals surface area (Å²) in [7, 11) is 1.49. The standard InChI is InChI=1S/C27H38N2O15/c1-3-17-24(44-25-21(41-13-28-2)27(38,39)20(33)19(11-31)43-25)40-12-18(23(36)42-14-32)26(17,37)5-4-15-8-16(22(34)35)10-29(9-15)6-7-30/h3-5,8,10,12,17,19-21,24-25,28,30-33,37-39H,1,6-7,9,11,13-14H2,2H3,(H,34,35)/b5-4+/t17-,19+,20+,21-,24-,25-,26+/m0/s1. The Morgan fingerprint density at radius 3 is 2.55 bits per heavy atom. The Balaban J connectivity index is 2.02. The molecular weight excluding hydrogens is 592 g/mol. The molecule has 246 valence electrons. The fourth-order valence-electron chi connectivity index (χ4n) is 4.85. The number of nitrogens with one attached hydrogen (secondary N) is 1. The number of aliphatic carboxylic acids is 1. The minimum Gasteiger partial charge on any atom is -0.478 e. The van der Waals surface area contributed by atoms with Crippen molar-refractivity contribution in [3.8, 4) is 0 Å². The zero-order valence-electron chi connectivity index (χ0n) is 23.8. The first-order chi connectivity index (χ1) is 20.9. The molecule has 3 heterocycles. The second-order valence-corrected chi connectivity index (χ2v) is 9.99. The van der Waals surface area contributed by atoms with Crippen LogP contribution in [0.5, 0.6) is 0 Å². The maximum Gasteiger partial charge on any atom is 0.342 e. The average molecular weight is 631 g/mol. The van der Waals surface area contributed by atoms with Crippen LogP contribution in [0.15, 0.2) is 60.1 Å². The predicted octanol–water partition coefficient (Wildman–Crippen LogP) is -3.65. The van der Waals surface area contributed by atoms with Gasteiger partial charge in [-0.3, -0.25) is 5.32 Å². The summed E-state index contributed by atoms with van der Waals surface area (Å²) in [6.45, 7) is 1.51. The van der Waals surface area contributed by atoms with Gasteiger partial charge in [0.15, 0.2) is 19.2 Å². The Bertz CT molecular complexity index is 1170. The number of carboxylic acids is 1. The number of hydrogen-bond acceptors (Lipinski definition) is 16. The van der Waals surface area contributed by atoms with E-state index in [2.05, 4.69) is 16.6 Å². The Labute approximate surface area is 251 Å². The number of aliphatic hydroxyl groups excluding tert-OH is 4. The third kappa shape index (κ3) is 7.53. The fraction of sp³-hybridized carbons (Fsp3) is 0.556. The molecule has 3 aliphatic rings. The van der Waals surface area contributed by atoms with Crippen molar-refractivity contribution in [3.05, 3.63) is 60.1 Å². The van der Waals surface area contributed by atoms with Crippen LogP contribution in [0.3, 0.4) is 0 Å². The van der Waals surface area contributed by atoms with E-state index in [-0.39, 0.29) is 32.0 Å². The molecule has 0 aromatic rings. The number of nitrogens with zero attached hydrogens (tertiary/aromatic N) is 1. The summed E-state index contributed by atoms with van der Waals surface area (Å²) in [5, 5.41) is 83.9. The Morgan fingerprint density at radius 1 is 1.23 bits per heavy atom. The fourth-order valence-corrected chi connectivity index (χ4v) is 4.85. The number of hydrogen-bond donors (Lipinski definition) is 9. The molecule has 44 heavy (non-hydrogen) atoms. The van der Waals surface area contributed by atoms with Crippen LogP contribution in [0, 0.1) is 5.92 Å². The molecule has 1 fully saturated rings. The van der Waals surface area contributed by atoms with Crippen molar-refractivity contribution in [3.63, 3.8) is 0 Å². The molecule has 0 amide bonds. The molecule has 3 rings (SSSR count). The summed E-state index contributed by atoms with van der Waals surface area (Å²) < 4.78 is 27.0. The van der Waals surface area contributed by atoms with Gasteiger partial charge in [-0.15, -0.1) is 6.58 Å². The van der Waals surface area contributed by atoms with E-state index in [1.807, 2.05) is 0 Å². The summed E-state index contributed by atoms with van der Waals surface area (Å²) in [6, 6.07) is 0. The van der Waals surface area contributed by atoms with Crippen LogP contribution < -0.4 is 5.32 Å². The smallest absolute Gasteiger partial charge is 0.342 e. The molecule has 0 aliphatic carbocycles. The van der Waals surface area contributed by atoms with Gasteiger partial charge in [0.05, 0.1) is 31.4 Å². The van der Waals surface area contributed by atoms with E-state index < -0.39 is 79.1 Å². The molecule has 0 aromatic heterocycles. The molecule has 3 aliphatic heterocycles. The zero-order chi connectivity index (χ0) is 32.7. The first kappa shape index (κ1) is 35.3. The molecule has 0 aromatic carbocycles. The van der Waals surface area contributed by atoms with Crippen molar-refractivity contribution in [1.29, 1.82) is 0 Å². The minimum absolute atomic E-state index is 0.109. The number of rotatable bonds is 14. The second kappa shape index (κ2) is 15.2. The van der Waals surface area contributed by atoms with E-state index in [0.29, 0.717) is 5.57 Å². The van der Waals surface area contributed by atoms with Crippen LogP contribution in [-0.4, -0.2) is 147 Å². The molecule has 0 radical (unpaired) electrons. The number of esters is 1. The third-order valence-corrected chi connectivity index (χ3v) is 7.07. The molecule has 7 atom stereocenters. The SMILES string of the molecule is C=C[C@H]1[C@H](O[C@@H]2O[C@H](CO)[C@@H](O)C(O)(O)[C@H]2OCNC)OC=C(C(=O)OCO)[C@@]1(O)/C=C/C1=CC(C(=O)O)=CN(CCO)C1. The second-order valence-electron chi connectivity index (χ2n) is 9.99. The van der Waals surface area contributed by atoms with Crippen LogP contribution in [0.2, 0.25) is 0 Å². The number of carbonyl (C=O) groups excluding carboxylic acids is 1. The molecular formula is C27H38N2O15. The third-order valence-electron chi connectivity index (χ3n) is 7.07. The highest BCUT2D eigenvalue weighted by Gasteiger charge is 2.58. The molecule has 1 saturated heterocycles. The van der Waals surface area contributed by atoms with E-state index >= 15 is 0 Å². The van der Waals surface area contributed by atoms with E-state index in [1.165, 1.54) is 30.3 Å². The summed E-state index contributed by atoms with van der Waals surface area (Å²) >= 11 is 0. The lowest BCUT2D eigenvalue weighted by Crippen LogP contribution is -2.69. The lowest BCUT2D eigenvalue weighted by atomic mass is 9.78. The summed E-state index contributed by atoms with van der Waals surface area (Å²) in [4.78, 5) is 25.9. The maximum atomic E-state index is 12.8. The van der Waals surface area contributed by atoms with Crippen LogP contribution in [0.4, 0.5) is 0 Å². The molecule has 9 N–H and O–H groups in total. The van der Waals surface area contributed by atoms with Crippen molar-refractivity contribution in [1.82, 2.24) is 10.2 Å². The highest BCUT2D eigenvalue weighted by Crippen LogP contribution is 2.40. The van der Waals surface area contributed by atoms with Crippen molar-refractivity contribution < 1.29 is 74.1 Å². The number of carboxylic acid groups (broad SMARTS) is 1. The lowest BCUT2D eigenvalue weighted by Gasteiger charge is -2.48. The lowest BCUT2D eigenvalue weighted by molar-refractivity contribution is -0.412. The van der Waals surface area contributed by atoms with Gasteiger partial charge < -0.3 is 69.4 Å². The highest BCUT2D eigenvalue weighted by atomic mass is 16.8. The molecule has 0 unspecified atom stereocenters. The van der Waals surface area contributed by atoms with Crippen molar-refractivity contribution in [2.75, 3.05) is 46.9 Å². The normalized spacial score (nSPS) is 31.9. The zero-order valence-corrected chi connectivity index (χ0v) is 23.8. The van der Waals surface area contributed by atoms with Crippen LogP contribution in [0.1, 0.15) is 0 Å². The molecule has 0 spiro atoms. The first-order valence-electron chi connectivity index (χ1n) is 13.4. The summed E-state index contributed by atoms with van der Waals surface area (Å²) in [5.74, 6) is -6.81. The molecule has 17 nitrogen and oxygen atoms in total.